The Hall–Kier alpha value is -1.47. The average Bonchev–Trinajstić information content (AvgIpc) is 2.49. The summed E-state index contributed by atoms with van der Waals surface area (Å²) in [5.41, 5.74) is 0.401. The van der Waals surface area contributed by atoms with E-state index in [0.717, 1.165) is 6.07 Å². The molecule has 1 aliphatic rings. The second-order valence-electron chi connectivity index (χ2n) is 5.11. The number of esters is 1. The van der Waals surface area contributed by atoms with Gasteiger partial charge in [-0.15, -0.1) is 0 Å². The minimum Gasteiger partial charge on any atom is -0.469 e. The molecule has 0 aromatic heterocycles. The topological polar surface area (TPSA) is 63.7 Å². The van der Waals surface area contributed by atoms with Crippen LogP contribution in [0.5, 0.6) is 0 Å². The Bertz CT molecular complexity index is 636. The van der Waals surface area contributed by atoms with Gasteiger partial charge < -0.3 is 4.74 Å². The molecule has 1 fully saturated rings. The Morgan fingerprint density at radius 1 is 1.33 bits per heavy atom. The zero-order chi connectivity index (χ0) is 15.6. The highest BCUT2D eigenvalue weighted by Gasteiger charge is 2.32. The number of methoxy groups -OCH3 is 1. The van der Waals surface area contributed by atoms with Crippen molar-refractivity contribution < 1.29 is 22.3 Å². The molecule has 0 amide bonds. The van der Waals surface area contributed by atoms with Crippen molar-refractivity contribution in [3.63, 3.8) is 0 Å². The molecule has 0 aliphatic carbocycles. The minimum absolute atomic E-state index is 0.0536. The maximum Gasteiger partial charge on any atom is 0.308 e. The quantitative estimate of drug-likeness (QED) is 0.797. The molecule has 5 nitrogen and oxygen atoms in total. The second-order valence-corrected chi connectivity index (χ2v) is 7.05. The van der Waals surface area contributed by atoms with E-state index in [1.165, 1.54) is 23.5 Å². The van der Waals surface area contributed by atoms with Gasteiger partial charge in [-0.2, -0.15) is 4.31 Å². The number of carbonyl (C=O) groups is 1. The van der Waals surface area contributed by atoms with Gasteiger partial charge in [0, 0.05) is 13.1 Å². The Morgan fingerprint density at radius 3 is 2.48 bits per heavy atom. The van der Waals surface area contributed by atoms with Crippen LogP contribution in [0.4, 0.5) is 4.39 Å². The molecular weight excluding hydrogens is 297 g/mol. The summed E-state index contributed by atoms with van der Waals surface area (Å²) in [5, 5.41) is 0. The van der Waals surface area contributed by atoms with E-state index in [0.29, 0.717) is 18.4 Å². The predicted octanol–water partition coefficient (Wildman–Crippen LogP) is 1.71. The standard InChI is InChI=1S/C14H18FNO4S/c1-10-3-4-12(9-13(10)15)21(18,19)16-7-5-11(6-8-16)14(17)20-2/h3-4,9,11H,5-8H2,1-2H3. The van der Waals surface area contributed by atoms with Crippen molar-refractivity contribution in [3.8, 4) is 0 Å². The molecule has 1 saturated heterocycles. The number of sulfonamides is 1. The molecule has 0 N–H and O–H groups in total. The van der Waals surface area contributed by atoms with Crippen molar-refractivity contribution in [2.75, 3.05) is 20.2 Å². The van der Waals surface area contributed by atoms with E-state index in [1.54, 1.807) is 6.92 Å². The average molecular weight is 315 g/mol. The van der Waals surface area contributed by atoms with Crippen LogP contribution in [0.15, 0.2) is 23.1 Å². The summed E-state index contributed by atoms with van der Waals surface area (Å²) in [5.74, 6) is -1.12. The van der Waals surface area contributed by atoms with Gasteiger partial charge in [0.05, 0.1) is 17.9 Å². The summed E-state index contributed by atoms with van der Waals surface area (Å²) >= 11 is 0. The molecule has 7 heteroatoms. The van der Waals surface area contributed by atoms with E-state index in [2.05, 4.69) is 4.74 Å². The van der Waals surface area contributed by atoms with Crippen LogP contribution in [-0.4, -0.2) is 38.9 Å². The summed E-state index contributed by atoms with van der Waals surface area (Å²) in [4.78, 5) is 11.4. The molecule has 0 saturated carbocycles. The zero-order valence-electron chi connectivity index (χ0n) is 12.0. The van der Waals surface area contributed by atoms with Crippen molar-refractivity contribution >= 4 is 16.0 Å². The van der Waals surface area contributed by atoms with Crippen LogP contribution in [-0.2, 0) is 19.6 Å². The monoisotopic (exact) mass is 315 g/mol. The molecule has 116 valence electrons. The molecule has 0 bridgehead atoms. The van der Waals surface area contributed by atoms with Gasteiger partial charge in [-0.25, -0.2) is 12.8 Å². The number of aryl methyl sites for hydroxylation is 1. The van der Waals surface area contributed by atoms with Gasteiger partial charge in [0.25, 0.3) is 0 Å². The number of halogens is 1. The number of piperidine rings is 1. The lowest BCUT2D eigenvalue weighted by Gasteiger charge is -2.29. The van der Waals surface area contributed by atoms with Gasteiger partial charge in [0.15, 0.2) is 0 Å². The number of hydrogen-bond donors (Lipinski definition) is 0. The van der Waals surface area contributed by atoms with E-state index >= 15 is 0 Å². The highest BCUT2D eigenvalue weighted by Crippen LogP contribution is 2.25. The van der Waals surface area contributed by atoms with Crippen LogP contribution in [0.2, 0.25) is 0 Å². The number of rotatable bonds is 3. The van der Waals surface area contributed by atoms with E-state index in [1.807, 2.05) is 0 Å². The van der Waals surface area contributed by atoms with Crippen LogP contribution in [0.25, 0.3) is 0 Å². The highest BCUT2D eigenvalue weighted by atomic mass is 32.2. The van der Waals surface area contributed by atoms with Crippen molar-refractivity contribution in [1.82, 2.24) is 4.31 Å². The first kappa shape index (κ1) is 15.9. The Kier molecular flexibility index (Phi) is 4.63. The number of benzene rings is 1. The maximum atomic E-state index is 13.5. The fourth-order valence-electron chi connectivity index (χ4n) is 2.38. The SMILES string of the molecule is COC(=O)C1CCN(S(=O)(=O)c2ccc(C)c(F)c2)CC1. The van der Waals surface area contributed by atoms with Crippen molar-refractivity contribution in [2.24, 2.45) is 5.92 Å². The lowest BCUT2D eigenvalue weighted by atomic mass is 9.99. The van der Waals surface area contributed by atoms with E-state index < -0.39 is 15.8 Å². The lowest BCUT2D eigenvalue weighted by molar-refractivity contribution is -0.146. The molecule has 0 radical (unpaired) electrons. The largest absolute Gasteiger partial charge is 0.469 e. The van der Waals surface area contributed by atoms with E-state index in [4.69, 9.17) is 0 Å². The molecule has 21 heavy (non-hydrogen) atoms. The van der Waals surface area contributed by atoms with Crippen LogP contribution < -0.4 is 0 Å². The Labute approximate surface area is 123 Å². The molecule has 1 aromatic carbocycles. The van der Waals surface area contributed by atoms with Crippen LogP contribution >= 0.6 is 0 Å². The Morgan fingerprint density at radius 2 is 1.95 bits per heavy atom. The third kappa shape index (κ3) is 3.24. The summed E-state index contributed by atoms with van der Waals surface area (Å²) < 4.78 is 44.4. The summed E-state index contributed by atoms with van der Waals surface area (Å²) in [7, 11) is -2.40. The molecule has 0 unspecified atom stereocenters. The van der Waals surface area contributed by atoms with E-state index in [-0.39, 0.29) is 29.9 Å². The van der Waals surface area contributed by atoms with E-state index in [9.17, 15) is 17.6 Å². The Balaban J connectivity index is 2.14. The second kappa shape index (κ2) is 6.11. The molecule has 1 aromatic rings. The highest BCUT2D eigenvalue weighted by molar-refractivity contribution is 7.89. The predicted molar refractivity (Wildman–Crippen MR) is 74.6 cm³/mol. The minimum atomic E-state index is -3.72. The van der Waals surface area contributed by atoms with Gasteiger partial charge in [0.1, 0.15) is 5.82 Å². The van der Waals surface area contributed by atoms with Crippen molar-refractivity contribution in [2.45, 2.75) is 24.7 Å². The van der Waals surface area contributed by atoms with Gasteiger partial charge in [-0.3, -0.25) is 4.79 Å². The third-order valence-electron chi connectivity index (χ3n) is 3.77. The first-order valence-corrected chi connectivity index (χ1v) is 8.14. The number of ether oxygens (including phenoxy) is 1. The van der Waals surface area contributed by atoms with Gasteiger partial charge in [-0.1, -0.05) is 6.07 Å². The lowest BCUT2D eigenvalue weighted by Crippen LogP contribution is -2.40. The zero-order valence-corrected chi connectivity index (χ0v) is 12.8. The normalized spacial score (nSPS) is 17.7. The number of carbonyl (C=O) groups excluding carboxylic acids is 1. The van der Waals surface area contributed by atoms with Crippen LogP contribution in [0.3, 0.4) is 0 Å². The van der Waals surface area contributed by atoms with Gasteiger partial charge in [-0.05, 0) is 37.5 Å². The fourth-order valence-corrected chi connectivity index (χ4v) is 3.86. The number of nitrogens with zero attached hydrogens (tertiary/aromatic N) is 1. The molecule has 0 spiro atoms. The first-order valence-electron chi connectivity index (χ1n) is 6.70. The summed E-state index contributed by atoms with van der Waals surface area (Å²) in [6, 6.07) is 3.89. The molecule has 1 heterocycles. The van der Waals surface area contributed by atoms with Crippen molar-refractivity contribution in [3.05, 3.63) is 29.6 Å². The van der Waals surface area contributed by atoms with Crippen molar-refractivity contribution in [1.29, 1.82) is 0 Å². The van der Waals surface area contributed by atoms with Crippen LogP contribution in [0, 0.1) is 18.7 Å². The molecule has 2 rings (SSSR count). The number of hydrogen-bond acceptors (Lipinski definition) is 4. The maximum absolute atomic E-state index is 13.5. The summed E-state index contributed by atoms with van der Waals surface area (Å²) in [6.07, 6.45) is 0.834. The fraction of sp³-hybridized carbons (Fsp3) is 0.500. The van der Waals surface area contributed by atoms with Gasteiger partial charge in [0.2, 0.25) is 10.0 Å². The third-order valence-corrected chi connectivity index (χ3v) is 5.66. The summed E-state index contributed by atoms with van der Waals surface area (Å²) in [6.45, 7) is 2.04. The van der Waals surface area contributed by atoms with Crippen LogP contribution in [0.1, 0.15) is 18.4 Å². The van der Waals surface area contributed by atoms with Gasteiger partial charge >= 0.3 is 5.97 Å². The molecule has 0 atom stereocenters. The molecular formula is C14H18FNO4S. The molecule has 1 aliphatic heterocycles. The smallest absolute Gasteiger partial charge is 0.308 e. The first-order chi connectivity index (χ1) is 9.86.